The summed E-state index contributed by atoms with van der Waals surface area (Å²) >= 11 is 7.71. The molecule has 0 aromatic heterocycles. The third kappa shape index (κ3) is 8.11. The standard InChI is InChI=1S/C31H35ClN2O2S/c1-23-9-5-6-12-26(23)21-37-22-30(35)34(20-25-15-17-27(32)18-16-25)29(19-24-10-3-2-4-11-24)31(36)33-28-13-7-8-14-28/h2-6,9-12,15-18,28-29H,7-8,13-14,19-22H2,1H3,(H,33,36)/t29-/m0/s1. The maximum absolute atomic E-state index is 13.8. The van der Waals surface area contributed by atoms with Crippen molar-refractivity contribution in [2.24, 2.45) is 0 Å². The summed E-state index contributed by atoms with van der Waals surface area (Å²) in [5.74, 6) is 0.965. The Morgan fingerprint density at radius 1 is 0.946 bits per heavy atom. The van der Waals surface area contributed by atoms with E-state index in [2.05, 4.69) is 24.4 Å². The summed E-state index contributed by atoms with van der Waals surface area (Å²) in [6.07, 6.45) is 4.75. The number of hydrogen-bond acceptors (Lipinski definition) is 3. The zero-order valence-electron chi connectivity index (χ0n) is 21.4. The number of nitrogens with one attached hydrogen (secondary N) is 1. The predicted octanol–water partition coefficient (Wildman–Crippen LogP) is 6.58. The zero-order valence-corrected chi connectivity index (χ0v) is 22.9. The molecule has 0 bridgehead atoms. The van der Waals surface area contributed by atoms with Crippen molar-refractivity contribution in [3.63, 3.8) is 0 Å². The topological polar surface area (TPSA) is 49.4 Å². The van der Waals surface area contributed by atoms with Crippen molar-refractivity contribution in [2.75, 3.05) is 5.75 Å². The van der Waals surface area contributed by atoms with Crippen LogP contribution in [0.4, 0.5) is 0 Å². The van der Waals surface area contributed by atoms with Crippen LogP contribution in [0.15, 0.2) is 78.9 Å². The van der Waals surface area contributed by atoms with Gasteiger partial charge in [-0.3, -0.25) is 9.59 Å². The minimum Gasteiger partial charge on any atom is -0.352 e. The number of thioether (sulfide) groups is 1. The fourth-order valence-electron chi connectivity index (χ4n) is 4.81. The molecule has 2 amide bonds. The monoisotopic (exact) mass is 534 g/mol. The average Bonchev–Trinajstić information content (AvgIpc) is 3.42. The Balaban J connectivity index is 1.56. The molecule has 0 saturated heterocycles. The first-order chi connectivity index (χ1) is 18.0. The van der Waals surface area contributed by atoms with Crippen LogP contribution in [0.5, 0.6) is 0 Å². The SMILES string of the molecule is Cc1ccccc1CSCC(=O)N(Cc1ccc(Cl)cc1)[C@@H](Cc1ccccc1)C(=O)NC1CCCC1. The van der Waals surface area contributed by atoms with Gasteiger partial charge < -0.3 is 10.2 Å². The molecule has 1 fully saturated rings. The molecular weight excluding hydrogens is 500 g/mol. The Hall–Kier alpha value is -2.76. The summed E-state index contributed by atoms with van der Waals surface area (Å²) in [4.78, 5) is 29.2. The number of amides is 2. The van der Waals surface area contributed by atoms with Gasteiger partial charge in [0.2, 0.25) is 11.8 Å². The van der Waals surface area contributed by atoms with E-state index >= 15 is 0 Å². The van der Waals surface area contributed by atoms with Crippen molar-refractivity contribution in [3.05, 3.63) is 106 Å². The van der Waals surface area contributed by atoms with Crippen LogP contribution in [-0.2, 0) is 28.3 Å². The summed E-state index contributed by atoms with van der Waals surface area (Å²) in [6, 6.07) is 25.3. The second kappa shape index (κ2) is 13.7. The molecule has 1 atom stereocenters. The van der Waals surface area contributed by atoms with Crippen LogP contribution in [0.1, 0.15) is 47.9 Å². The first-order valence-electron chi connectivity index (χ1n) is 13.0. The van der Waals surface area contributed by atoms with Crippen LogP contribution in [-0.4, -0.2) is 34.6 Å². The van der Waals surface area contributed by atoms with Gasteiger partial charge in [-0.25, -0.2) is 0 Å². The minimum absolute atomic E-state index is 0.0314. The highest BCUT2D eigenvalue weighted by atomic mass is 35.5. The Bertz CT molecular complexity index is 1160. The van der Waals surface area contributed by atoms with E-state index in [9.17, 15) is 9.59 Å². The number of aryl methyl sites for hydroxylation is 1. The second-order valence-electron chi connectivity index (χ2n) is 9.76. The smallest absolute Gasteiger partial charge is 0.243 e. The number of benzene rings is 3. The molecule has 3 aromatic carbocycles. The molecule has 6 heteroatoms. The van der Waals surface area contributed by atoms with Crippen LogP contribution in [0.25, 0.3) is 0 Å². The Morgan fingerprint density at radius 3 is 2.32 bits per heavy atom. The van der Waals surface area contributed by atoms with Crippen LogP contribution < -0.4 is 5.32 Å². The molecule has 0 heterocycles. The molecule has 4 rings (SSSR count). The quantitative estimate of drug-likeness (QED) is 0.302. The summed E-state index contributed by atoms with van der Waals surface area (Å²) < 4.78 is 0. The van der Waals surface area contributed by atoms with Crippen molar-refractivity contribution in [1.82, 2.24) is 10.2 Å². The predicted molar refractivity (Wildman–Crippen MR) is 154 cm³/mol. The van der Waals surface area contributed by atoms with Crippen LogP contribution in [0.3, 0.4) is 0 Å². The van der Waals surface area contributed by atoms with Gasteiger partial charge in [0.05, 0.1) is 5.75 Å². The van der Waals surface area contributed by atoms with E-state index in [4.69, 9.17) is 11.6 Å². The molecule has 1 aliphatic carbocycles. The van der Waals surface area contributed by atoms with Gasteiger partial charge in [-0.2, -0.15) is 0 Å². The third-order valence-corrected chi connectivity index (χ3v) is 8.20. The molecule has 4 nitrogen and oxygen atoms in total. The number of carbonyl (C=O) groups excluding carboxylic acids is 2. The molecule has 1 saturated carbocycles. The van der Waals surface area contributed by atoms with Gasteiger partial charge >= 0.3 is 0 Å². The maximum Gasteiger partial charge on any atom is 0.243 e. The van der Waals surface area contributed by atoms with Gasteiger partial charge in [0.25, 0.3) is 0 Å². The highest BCUT2D eigenvalue weighted by molar-refractivity contribution is 7.99. The number of rotatable bonds is 11. The number of nitrogens with zero attached hydrogens (tertiary/aromatic N) is 1. The summed E-state index contributed by atoms with van der Waals surface area (Å²) in [6.45, 7) is 2.45. The third-order valence-electron chi connectivity index (χ3n) is 6.98. The molecule has 1 aliphatic rings. The van der Waals surface area contributed by atoms with Gasteiger partial charge in [0.1, 0.15) is 6.04 Å². The number of hydrogen-bond donors (Lipinski definition) is 1. The zero-order chi connectivity index (χ0) is 26.0. The van der Waals surface area contributed by atoms with Gasteiger partial charge in [0.15, 0.2) is 0 Å². The number of halogens is 1. The highest BCUT2D eigenvalue weighted by Crippen LogP contribution is 2.22. The summed E-state index contributed by atoms with van der Waals surface area (Å²) in [5, 5.41) is 3.91. The first-order valence-corrected chi connectivity index (χ1v) is 14.5. The van der Waals surface area contributed by atoms with E-state index in [1.54, 1.807) is 16.7 Å². The largest absolute Gasteiger partial charge is 0.352 e. The fourth-order valence-corrected chi connectivity index (χ4v) is 5.92. The molecule has 3 aromatic rings. The highest BCUT2D eigenvalue weighted by Gasteiger charge is 2.32. The Morgan fingerprint density at radius 2 is 1.62 bits per heavy atom. The Kier molecular flexibility index (Phi) is 10.1. The Labute approximate surface area is 229 Å². The molecule has 1 N–H and O–H groups in total. The molecule has 0 unspecified atom stereocenters. The van der Waals surface area contributed by atoms with E-state index in [0.29, 0.717) is 23.7 Å². The van der Waals surface area contributed by atoms with Crippen LogP contribution >= 0.6 is 23.4 Å². The molecule has 194 valence electrons. The van der Waals surface area contributed by atoms with Crippen LogP contribution in [0.2, 0.25) is 5.02 Å². The molecular formula is C31H35ClN2O2S. The van der Waals surface area contributed by atoms with E-state index in [0.717, 1.165) is 42.6 Å². The lowest BCUT2D eigenvalue weighted by atomic mass is 10.0. The lowest BCUT2D eigenvalue weighted by molar-refractivity contribution is -0.139. The normalized spacial score (nSPS) is 14.3. The van der Waals surface area contributed by atoms with E-state index in [1.165, 1.54) is 11.1 Å². The second-order valence-corrected chi connectivity index (χ2v) is 11.2. The average molecular weight is 535 g/mol. The van der Waals surface area contributed by atoms with Crippen molar-refractivity contribution in [3.8, 4) is 0 Å². The van der Waals surface area contributed by atoms with Gasteiger partial charge in [0, 0.05) is 29.8 Å². The van der Waals surface area contributed by atoms with Crippen molar-refractivity contribution in [1.29, 1.82) is 0 Å². The van der Waals surface area contributed by atoms with Gasteiger partial charge in [-0.05, 0) is 54.2 Å². The molecule has 37 heavy (non-hydrogen) atoms. The molecule has 0 spiro atoms. The molecule has 0 aliphatic heterocycles. The van der Waals surface area contributed by atoms with Gasteiger partial charge in [-0.15, -0.1) is 11.8 Å². The van der Waals surface area contributed by atoms with E-state index in [-0.39, 0.29) is 17.9 Å². The number of carbonyl (C=O) groups is 2. The molecule has 0 radical (unpaired) electrons. The maximum atomic E-state index is 13.8. The van der Waals surface area contributed by atoms with Crippen LogP contribution in [0, 0.1) is 6.92 Å². The lowest BCUT2D eigenvalue weighted by Crippen LogP contribution is -2.52. The van der Waals surface area contributed by atoms with Crippen molar-refractivity contribution < 1.29 is 9.59 Å². The van der Waals surface area contributed by atoms with E-state index in [1.807, 2.05) is 66.7 Å². The fraction of sp³-hybridized carbons (Fsp3) is 0.355. The van der Waals surface area contributed by atoms with Gasteiger partial charge in [-0.1, -0.05) is 91.2 Å². The van der Waals surface area contributed by atoms with Crippen molar-refractivity contribution >= 4 is 35.2 Å². The van der Waals surface area contributed by atoms with E-state index < -0.39 is 6.04 Å². The van der Waals surface area contributed by atoms with Crippen molar-refractivity contribution in [2.45, 2.75) is 63.4 Å². The minimum atomic E-state index is -0.592. The lowest BCUT2D eigenvalue weighted by Gasteiger charge is -2.32. The summed E-state index contributed by atoms with van der Waals surface area (Å²) in [5.41, 5.74) is 4.44. The first kappa shape index (κ1) is 27.3. The summed E-state index contributed by atoms with van der Waals surface area (Å²) in [7, 11) is 0.